The highest BCUT2D eigenvalue weighted by molar-refractivity contribution is 14.1. The van der Waals surface area contributed by atoms with Gasteiger partial charge in [-0.15, -0.1) is 0 Å². The number of aliphatic hydroxyl groups excluding tert-OH is 1. The van der Waals surface area contributed by atoms with Crippen LogP contribution in [-0.2, 0) is 4.84 Å². The summed E-state index contributed by atoms with van der Waals surface area (Å²) in [4.78, 5) is 17.4. The van der Waals surface area contributed by atoms with E-state index in [-0.39, 0.29) is 35.8 Å². The Hall–Kier alpha value is -1.56. The molecule has 0 saturated heterocycles. The normalized spacial score (nSPS) is 18.1. The first-order chi connectivity index (χ1) is 13.3. The number of benzene rings is 2. The first-order valence-corrected chi connectivity index (χ1v) is 9.70. The number of carbonyl (C=O) groups is 1. The molecule has 3 rings (SSSR count). The zero-order valence-corrected chi connectivity index (χ0v) is 17.2. The predicted molar refractivity (Wildman–Crippen MR) is 106 cm³/mol. The van der Waals surface area contributed by atoms with Crippen LogP contribution in [0.5, 0.6) is 0 Å². The Morgan fingerprint density at radius 2 is 2.00 bits per heavy atom. The Kier molecular flexibility index (Phi) is 6.69. The van der Waals surface area contributed by atoms with E-state index < -0.39 is 34.6 Å². The molecule has 0 bridgehead atoms. The molecule has 10 heteroatoms. The molecule has 0 aromatic heterocycles. The maximum Gasteiger partial charge on any atom is 0.277 e. The van der Waals surface area contributed by atoms with E-state index in [1.54, 1.807) is 12.1 Å². The van der Waals surface area contributed by atoms with Crippen molar-refractivity contribution in [3.8, 4) is 0 Å². The number of aliphatic hydroxyl groups is 1. The molecule has 2 aromatic carbocycles. The third-order valence-corrected chi connectivity index (χ3v) is 5.35. The lowest BCUT2D eigenvalue weighted by molar-refractivity contribution is 0.0247. The number of amides is 1. The molecule has 0 aliphatic heterocycles. The van der Waals surface area contributed by atoms with Crippen LogP contribution < -0.4 is 10.8 Å². The second-order valence-electron chi connectivity index (χ2n) is 6.34. The van der Waals surface area contributed by atoms with Crippen molar-refractivity contribution in [2.24, 2.45) is 11.8 Å². The minimum absolute atomic E-state index is 0.0290. The van der Waals surface area contributed by atoms with Crippen molar-refractivity contribution in [3.05, 3.63) is 55.9 Å². The Bertz CT molecular complexity index is 916. The summed E-state index contributed by atoms with van der Waals surface area (Å²) in [5, 5.41) is 11.7. The summed E-state index contributed by atoms with van der Waals surface area (Å²) in [5.41, 5.74) is 1.25. The molecule has 2 aromatic rings. The number of rotatable bonds is 7. The maximum absolute atomic E-state index is 14.4. The minimum Gasteiger partial charge on any atom is -0.396 e. The Balaban J connectivity index is 1.82. The van der Waals surface area contributed by atoms with Crippen molar-refractivity contribution in [2.45, 2.75) is 6.42 Å². The predicted octanol–water partition coefficient (Wildman–Crippen LogP) is 4.40. The average Bonchev–Trinajstić information content (AvgIpc) is 3.42. The Morgan fingerprint density at radius 1 is 1.25 bits per heavy atom. The van der Waals surface area contributed by atoms with Gasteiger partial charge < -0.3 is 10.4 Å². The highest BCUT2D eigenvalue weighted by atomic mass is 127. The van der Waals surface area contributed by atoms with Crippen LogP contribution >= 0.6 is 34.2 Å². The van der Waals surface area contributed by atoms with E-state index in [2.05, 4.69) is 10.8 Å². The van der Waals surface area contributed by atoms with Gasteiger partial charge in [-0.1, -0.05) is 11.6 Å². The fourth-order valence-electron chi connectivity index (χ4n) is 2.63. The molecule has 3 N–H and O–H groups in total. The number of anilines is 2. The van der Waals surface area contributed by atoms with E-state index in [0.717, 1.165) is 9.99 Å². The van der Waals surface area contributed by atoms with Crippen LogP contribution in [0, 0.1) is 32.9 Å². The molecule has 1 saturated carbocycles. The van der Waals surface area contributed by atoms with Crippen molar-refractivity contribution in [2.75, 3.05) is 18.5 Å². The van der Waals surface area contributed by atoms with Crippen LogP contribution in [-0.4, -0.2) is 24.2 Å². The lowest BCUT2D eigenvalue weighted by atomic mass is 10.1. The summed E-state index contributed by atoms with van der Waals surface area (Å²) >= 11 is 8.11. The van der Waals surface area contributed by atoms with Crippen molar-refractivity contribution < 1.29 is 27.9 Å². The number of halogens is 5. The lowest BCUT2D eigenvalue weighted by Gasteiger charge is -2.15. The SMILES string of the molecule is O=C(NOCC1CC1CO)c1cc(F)c(F)c(F)c1Nc1ccc(I)cc1Cl. The molecule has 1 aliphatic rings. The maximum atomic E-state index is 14.4. The summed E-state index contributed by atoms with van der Waals surface area (Å²) < 4.78 is 42.6. The highest BCUT2D eigenvalue weighted by Crippen LogP contribution is 2.37. The van der Waals surface area contributed by atoms with Gasteiger partial charge in [0.05, 0.1) is 28.6 Å². The van der Waals surface area contributed by atoms with Gasteiger partial charge in [-0.25, -0.2) is 18.7 Å². The van der Waals surface area contributed by atoms with E-state index in [4.69, 9.17) is 21.5 Å². The van der Waals surface area contributed by atoms with Crippen molar-refractivity contribution >= 4 is 51.5 Å². The Labute approximate surface area is 177 Å². The zero-order chi connectivity index (χ0) is 20.4. The summed E-state index contributed by atoms with van der Waals surface area (Å²) in [6, 6.07) is 5.35. The van der Waals surface area contributed by atoms with E-state index in [9.17, 15) is 18.0 Å². The third kappa shape index (κ3) is 4.70. The molecular weight excluding hydrogens is 512 g/mol. The van der Waals surface area contributed by atoms with Crippen LogP contribution in [0.15, 0.2) is 24.3 Å². The highest BCUT2D eigenvalue weighted by Gasteiger charge is 2.36. The smallest absolute Gasteiger partial charge is 0.277 e. The number of hydrogen-bond donors (Lipinski definition) is 3. The van der Waals surface area contributed by atoms with Crippen LogP contribution in [0.1, 0.15) is 16.8 Å². The Morgan fingerprint density at radius 3 is 2.64 bits per heavy atom. The fraction of sp³-hybridized carbons (Fsp3) is 0.278. The molecule has 1 aliphatic carbocycles. The summed E-state index contributed by atoms with van der Waals surface area (Å²) in [5.74, 6) is -5.51. The molecule has 1 amide bonds. The molecular formula is C18H15ClF3IN2O3. The van der Waals surface area contributed by atoms with Crippen LogP contribution in [0.2, 0.25) is 5.02 Å². The van der Waals surface area contributed by atoms with Gasteiger partial charge in [0.2, 0.25) is 0 Å². The van der Waals surface area contributed by atoms with Gasteiger partial charge >= 0.3 is 0 Å². The fourth-order valence-corrected chi connectivity index (χ4v) is 3.53. The molecule has 0 spiro atoms. The van der Waals surface area contributed by atoms with Gasteiger partial charge in [-0.05, 0) is 65.1 Å². The van der Waals surface area contributed by atoms with E-state index in [0.29, 0.717) is 6.07 Å². The van der Waals surface area contributed by atoms with Crippen molar-refractivity contribution in [3.63, 3.8) is 0 Å². The van der Waals surface area contributed by atoms with E-state index >= 15 is 0 Å². The third-order valence-electron chi connectivity index (χ3n) is 4.36. The van der Waals surface area contributed by atoms with Crippen LogP contribution in [0.4, 0.5) is 24.5 Å². The zero-order valence-electron chi connectivity index (χ0n) is 14.2. The first kappa shape index (κ1) is 21.2. The van der Waals surface area contributed by atoms with E-state index in [1.807, 2.05) is 22.6 Å². The van der Waals surface area contributed by atoms with E-state index in [1.165, 1.54) is 6.07 Å². The van der Waals surface area contributed by atoms with Gasteiger partial charge in [0.25, 0.3) is 5.91 Å². The molecule has 5 nitrogen and oxygen atoms in total. The summed E-state index contributed by atoms with van der Waals surface area (Å²) in [6.45, 7) is 0.177. The standard InChI is InChI=1S/C18H15ClF3IN2O3/c19-12-4-10(23)1-2-14(12)24-17-11(5-13(20)15(21)16(17)22)18(27)25-28-7-9-3-8(9)6-26/h1-2,4-5,8-9,24,26H,3,6-7H2,(H,25,27). The summed E-state index contributed by atoms with van der Waals surface area (Å²) in [6.07, 6.45) is 0.768. The van der Waals surface area contributed by atoms with Gasteiger partial charge in [-0.2, -0.15) is 0 Å². The molecule has 2 unspecified atom stereocenters. The lowest BCUT2D eigenvalue weighted by Crippen LogP contribution is -2.26. The molecule has 150 valence electrons. The topological polar surface area (TPSA) is 70.6 Å². The summed E-state index contributed by atoms with van der Waals surface area (Å²) in [7, 11) is 0. The van der Waals surface area contributed by atoms with Gasteiger partial charge in [-0.3, -0.25) is 9.63 Å². The number of hydrogen-bond acceptors (Lipinski definition) is 4. The van der Waals surface area contributed by atoms with Crippen LogP contribution in [0.3, 0.4) is 0 Å². The largest absolute Gasteiger partial charge is 0.396 e. The second kappa shape index (κ2) is 8.85. The van der Waals surface area contributed by atoms with Gasteiger partial charge in [0, 0.05) is 10.2 Å². The van der Waals surface area contributed by atoms with Crippen molar-refractivity contribution in [1.82, 2.24) is 5.48 Å². The number of hydroxylamine groups is 1. The average molecular weight is 527 g/mol. The first-order valence-electron chi connectivity index (χ1n) is 8.24. The second-order valence-corrected chi connectivity index (χ2v) is 7.99. The minimum atomic E-state index is -1.72. The molecule has 0 heterocycles. The quantitative estimate of drug-likeness (QED) is 0.284. The van der Waals surface area contributed by atoms with Crippen LogP contribution in [0.25, 0.3) is 0 Å². The molecule has 28 heavy (non-hydrogen) atoms. The molecule has 2 atom stereocenters. The van der Waals surface area contributed by atoms with Crippen molar-refractivity contribution in [1.29, 1.82) is 0 Å². The number of nitrogens with one attached hydrogen (secondary N) is 2. The van der Waals surface area contributed by atoms with Gasteiger partial charge in [0.15, 0.2) is 17.5 Å². The monoisotopic (exact) mass is 526 g/mol. The molecule has 0 radical (unpaired) electrons. The molecule has 1 fully saturated rings. The van der Waals surface area contributed by atoms with Gasteiger partial charge in [0.1, 0.15) is 0 Å². The number of carbonyl (C=O) groups excluding carboxylic acids is 1.